The summed E-state index contributed by atoms with van der Waals surface area (Å²) < 4.78 is 12.2. The van der Waals surface area contributed by atoms with Crippen LogP contribution in [0.4, 0.5) is 0 Å². The second kappa shape index (κ2) is 7.52. The van der Waals surface area contributed by atoms with E-state index in [1.807, 2.05) is 49.4 Å². The number of carbonyl (C=O) groups is 1. The van der Waals surface area contributed by atoms with E-state index in [0.29, 0.717) is 18.0 Å². The zero-order chi connectivity index (χ0) is 19.7. The lowest BCUT2D eigenvalue weighted by atomic mass is 10.1. The van der Waals surface area contributed by atoms with Gasteiger partial charge in [-0.2, -0.15) is 0 Å². The largest absolute Gasteiger partial charge is 0.454 e. The summed E-state index contributed by atoms with van der Waals surface area (Å²) in [7, 11) is 1.73. The lowest BCUT2D eigenvalue weighted by Crippen LogP contribution is -2.32. The van der Waals surface area contributed by atoms with Crippen molar-refractivity contribution in [2.75, 3.05) is 13.8 Å². The van der Waals surface area contributed by atoms with Gasteiger partial charge in [-0.15, -0.1) is 0 Å². The number of hydrogen-bond donors (Lipinski definition) is 0. The third kappa shape index (κ3) is 3.66. The summed E-state index contributed by atoms with van der Waals surface area (Å²) in [5.74, 6) is 1.27. The standard InChI is InChI=1S/C21H20N2O4S/c1-14-3-6-16(7-4-14)17-12-28-21(25)23(17)11-20(24)22(2)10-15-5-8-18-19(9-15)27-13-26-18/h3-9,12H,10-11,13H2,1-2H3. The molecule has 0 N–H and O–H groups in total. The Morgan fingerprint density at radius 3 is 2.68 bits per heavy atom. The van der Waals surface area contributed by atoms with Gasteiger partial charge in [0.1, 0.15) is 6.54 Å². The molecule has 1 aliphatic heterocycles. The molecule has 7 heteroatoms. The summed E-state index contributed by atoms with van der Waals surface area (Å²) in [5, 5.41) is 1.80. The third-order valence-corrected chi connectivity index (χ3v) is 5.47. The van der Waals surface area contributed by atoms with Gasteiger partial charge < -0.3 is 14.4 Å². The van der Waals surface area contributed by atoms with Gasteiger partial charge in [-0.1, -0.05) is 47.2 Å². The molecule has 28 heavy (non-hydrogen) atoms. The Balaban J connectivity index is 1.50. The molecule has 0 unspecified atom stereocenters. The molecule has 0 bridgehead atoms. The molecule has 0 saturated carbocycles. The number of benzene rings is 2. The molecule has 0 spiro atoms. The van der Waals surface area contributed by atoms with Crippen LogP contribution in [-0.2, 0) is 17.9 Å². The highest BCUT2D eigenvalue weighted by Gasteiger charge is 2.18. The van der Waals surface area contributed by atoms with Gasteiger partial charge in [0.2, 0.25) is 12.7 Å². The SMILES string of the molecule is Cc1ccc(-c2csc(=O)n2CC(=O)N(C)Cc2ccc3c(c2)OCO3)cc1. The zero-order valence-electron chi connectivity index (χ0n) is 15.7. The van der Waals surface area contributed by atoms with Gasteiger partial charge in [0.05, 0.1) is 5.69 Å². The molecule has 144 valence electrons. The quantitative estimate of drug-likeness (QED) is 0.664. The predicted octanol–water partition coefficient (Wildman–Crippen LogP) is 3.27. The monoisotopic (exact) mass is 396 g/mol. The average Bonchev–Trinajstić information content (AvgIpc) is 3.29. The number of rotatable bonds is 5. The smallest absolute Gasteiger partial charge is 0.308 e. The maximum atomic E-state index is 12.8. The van der Waals surface area contributed by atoms with E-state index in [-0.39, 0.29) is 24.1 Å². The van der Waals surface area contributed by atoms with Crippen molar-refractivity contribution in [2.24, 2.45) is 0 Å². The van der Waals surface area contributed by atoms with Gasteiger partial charge in [-0.25, -0.2) is 0 Å². The Bertz CT molecular complexity index is 1070. The van der Waals surface area contributed by atoms with Crippen LogP contribution in [0.15, 0.2) is 52.6 Å². The summed E-state index contributed by atoms with van der Waals surface area (Å²) in [6.45, 7) is 2.66. The summed E-state index contributed by atoms with van der Waals surface area (Å²) in [4.78, 5) is 26.5. The van der Waals surface area contributed by atoms with Crippen LogP contribution >= 0.6 is 11.3 Å². The van der Waals surface area contributed by atoms with E-state index in [2.05, 4.69) is 0 Å². The molecule has 0 atom stereocenters. The molecular weight excluding hydrogens is 376 g/mol. The first kappa shape index (κ1) is 18.3. The maximum absolute atomic E-state index is 12.8. The molecule has 1 aliphatic rings. The van der Waals surface area contributed by atoms with E-state index in [1.165, 1.54) is 4.57 Å². The van der Waals surface area contributed by atoms with E-state index in [4.69, 9.17) is 9.47 Å². The number of amides is 1. The van der Waals surface area contributed by atoms with E-state index < -0.39 is 0 Å². The van der Waals surface area contributed by atoms with Crippen molar-refractivity contribution < 1.29 is 14.3 Å². The van der Waals surface area contributed by atoms with Crippen molar-refractivity contribution in [2.45, 2.75) is 20.0 Å². The Labute approximate surface area is 166 Å². The van der Waals surface area contributed by atoms with Crippen molar-refractivity contribution in [3.63, 3.8) is 0 Å². The molecular formula is C21H20N2O4S. The van der Waals surface area contributed by atoms with Gasteiger partial charge in [-0.05, 0) is 30.2 Å². The summed E-state index contributed by atoms with van der Waals surface area (Å²) >= 11 is 1.11. The number of aromatic nitrogens is 1. The van der Waals surface area contributed by atoms with Gasteiger partial charge in [0.15, 0.2) is 11.5 Å². The van der Waals surface area contributed by atoms with Crippen LogP contribution in [-0.4, -0.2) is 29.2 Å². The predicted molar refractivity (Wildman–Crippen MR) is 108 cm³/mol. The van der Waals surface area contributed by atoms with Crippen molar-refractivity contribution in [1.29, 1.82) is 0 Å². The van der Waals surface area contributed by atoms with Crippen LogP contribution in [0.1, 0.15) is 11.1 Å². The molecule has 3 aromatic rings. The molecule has 0 saturated heterocycles. The first-order valence-electron chi connectivity index (χ1n) is 8.89. The van der Waals surface area contributed by atoms with Crippen molar-refractivity contribution in [3.05, 3.63) is 68.6 Å². The van der Waals surface area contributed by atoms with E-state index in [1.54, 1.807) is 17.3 Å². The average molecular weight is 396 g/mol. The van der Waals surface area contributed by atoms with E-state index in [9.17, 15) is 9.59 Å². The Morgan fingerprint density at radius 1 is 1.14 bits per heavy atom. The molecule has 2 heterocycles. The van der Waals surface area contributed by atoms with Gasteiger partial charge in [0, 0.05) is 19.0 Å². The molecule has 2 aromatic carbocycles. The fourth-order valence-electron chi connectivity index (χ4n) is 3.09. The molecule has 1 amide bonds. The van der Waals surface area contributed by atoms with Gasteiger partial charge in [-0.3, -0.25) is 14.2 Å². The van der Waals surface area contributed by atoms with Crippen molar-refractivity contribution in [3.8, 4) is 22.8 Å². The number of ether oxygens (including phenoxy) is 2. The second-order valence-electron chi connectivity index (χ2n) is 6.78. The molecule has 0 fully saturated rings. The Morgan fingerprint density at radius 2 is 1.89 bits per heavy atom. The fraction of sp³-hybridized carbons (Fsp3) is 0.238. The van der Waals surface area contributed by atoms with Gasteiger partial charge >= 0.3 is 4.87 Å². The molecule has 6 nitrogen and oxygen atoms in total. The number of thiazole rings is 1. The topological polar surface area (TPSA) is 60.8 Å². The minimum atomic E-state index is -0.139. The second-order valence-corrected chi connectivity index (χ2v) is 7.60. The lowest BCUT2D eigenvalue weighted by molar-refractivity contribution is -0.131. The Kier molecular flexibility index (Phi) is 4.92. The lowest BCUT2D eigenvalue weighted by Gasteiger charge is -2.18. The van der Waals surface area contributed by atoms with E-state index >= 15 is 0 Å². The van der Waals surface area contributed by atoms with Crippen LogP contribution in [0.3, 0.4) is 0 Å². The number of hydrogen-bond acceptors (Lipinski definition) is 5. The van der Waals surface area contributed by atoms with Crippen LogP contribution in [0, 0.1) is 6.92 Å². The fourth-order valence-corrected chi connectivity index (χ4v) is 3.85. The number of carbonyl (C=O) groups excluding carboxylic acids is 1. The maximum Gasteiger partial charge on any atom is 0.308 e. The molecule has 0 radical (unpaired) electrons. The number of likely N-dealkylation sites (N-methyl/N-ethyl adjacent to an activating group) is 1. The summed E-state index contributed by atoms with van der Waals surface area (Å²) in [6, 6.07) is 13.5. The molecule has 0 aliphatic carbocycles. The number of fused-ring (bicyclic) bond motifs is 1. The number of aryl methyl sites for hydroxylation is 1. The van der Waals surface area contributed by atoms with E-state index in [0.717, 1.165) is 33.7 Å². The van der Waals surface area contributed by atoms with Crippen LogP contribution in [0.5, 0.6) is 11.5 Å². The highest BCUT2D eigenvalue weighted by atomic mass is 32.1. The highest BCUT2D eigenvalue weighted by molar-refractivity contribution is 7.07. The highest BCUT2D eigenvalue weighted by Crippen LogP contribution is 2.32. The Hall–Kier alpha value is -3.06. The molecule has 4 rings (SSSR count). The molecule has 1 aromatic heterocycles. The number of nitrogens with zero attached hydrogens (tertiary/aromatic N) is 2. The van der Waals surface area contributed by atoms with Gasteiger partial charge in [0.25, 0.3) is 0 Å². The minimum absolute atomic E-state index is 0.00654. The third-order valence-electron chi connectivity index (χ3n) is 4.71. The minimum Gasteiger partial charge on any atom is -0.454 e. The first-order valence-corrected chi connectivity index (χ1v) is 9.77. The van der Waals surface area contributed by atoms with Crippen molar-refractivity contribution >= 4 is 17.2 Å². The normalized spacial score (nSPS) is 12.2. The van der Waals surface area contributed by atoms with Crippen LogP contribution < -0.4 is 14.3 Å². The zero-order valence-corrected chi connectivity index (χ0v) is 16.5. The summed E-state index contributed by atoms with van der Waals surface area (Å²) in [6.07, 6.45) is 0. The van der Waals surface area contributed by atoms with Crippen LogP contribution in [0.2, 0.25) is 0 Å². The first-order chi connectivity index (χ1) is 13.5. The summed E-state index contributed by atoms with van der Waals surface area (Å²) in [5.41, 5.74) is 3.78. The van der Waals surface area contributed by atoms with Crippen LogP contribution in [0.25, 0.3) is 11.3 Å². The van der Waals surface area contributed by atoms with Crippen molar-refractivity contribution in [1.82, 2.24) is 9.47 Å².